The monoisotopic (exact) mass is 357 g/mol. The normalized spacial score (nSPS) is 10.7. The molecule has 0 aliphatic heterocycles. The second-order valence-corrected chi connectivity index (χ2v) is 6.45. The van der Waals surface area contributed by atoms with Gasteiger partial charge in [-0.15, -0.1) is 0 Å². The third-order valence-electron chi connectivity index (χ3n) is 4.23. The molecule has 0 N–H and O–H groups in total. The predicted octanol–water partition coefficient (Wildman–Crippen LogP) is 5.23. The molecule has 27 heavy (non-hydrogen) atoms. The van der Waals surface area contributed by atoms with Crippen molar-refractivity contribution in [2.45, 2.75) is 6.61 Å². The van der Waals surface area contributed by atoms with Gasteiger partial charge in [0.15, 0.2) is 5.78 Å². The number of rotatable bonds is 7. The first-order chi connectivity index (χ1) is 13.1. The fraction of sp³-hybridized carbons (Fsp3) is 0.125. The Morgan fingerprint density at radius 2 is 1.56 bits per heavy atom. The number of nitrogens with zero attached hydrogens (tertiary/aromatic N) is 1. The maximum Gasteiger partial charge on any atom is 0.189 e. The molecule has 3 nitrogen and oxygen atoms in total. The quantitative estimate of drug-likeness (QED) is 0.428. The van der Waals surface area contributed by atoms with Crippen LogP contribution in [0.5, 0.6) is 5.75 Å². The minimum atomic E-state index is -0.0738. The first-order valence-electron chi connectivity index (χ1n) is 8.89. The molecule has 3 aromatic carbocycles. The second-order valence-electron chi connectivity index (χ2n) is 6.45. The van der Waals surface area contributed by atoms with Gasteiger partial charge in [-0.3, -0.25) is 4.79 Å². The third-order valence-corrected chi connectivity index (χ3v) is 4.23. The molecule has 0 heterocycles. The van der Waals surface area contributed by atoms with Gasteiger partial charge in [0.05, 0.1) is 5.56 Å². The molecular formula is C24H23NO2. The van der Waals surface area contributed by atoms with Crippen LogP contribution < -0.4 is 9.64 Å². The van der Waals surface area contributed by atoms with Gasteiger partial charge in [0.25, 0.3) is 0 Å². The molecule has 0 saturated carbocycles. The number of hydrogen-bond donors (Lipinski definition) is 0. The van der Waals surface area contributed by atoms with Gasteiger partial charge < -0.3 is 9.64 Å². The van der Waals surface area contributed by atoms with E-state index in [9.17, 15) is 4.79 Å². The number of hydrogen-bond acceptors (Lipinski definition) is 3. The Morgan fingerprint density at radius 1 is 0.889 bits per heavy atom. The summed E-state index contributed by atoms with van der Waals surface area (Å²) in [5, 5.41) is 0. The Labute approximate surface area is 160 Å². The van der Waals surface area contributed by atoms with Crippen LogP contribution in [-0.4, -0.2) is 19.9 Å². The molecule has 0 saturated heterocycles. The number of ether oxygens (including phenoxy) is 1. The highest BCUT2D eigenvalue weighted by molar-refractivity contribution is 6.08. The Bertz CT molecular complexity index is 913. The van der Waals surface area contributed by atoms with E-state index in [1.54, 1.807) is 12.1 Å². The molecule has 0 unspecified atom stereocenters. The Morgan fingerprint density at radius 3 is 2.26 bits per heavy atom. The van der Waals surface area contributed by atoms with Gasteiger partial charge in [-0.25, -0.2) is 0 Å². The second kappa shape index (κ2) is 8.86. The highest BCUT2D eigenvalue weighted by Crippen LogP contribution is 2.21. The lowest BCUT2D eigenvalue weighted by Gasteiger charge is -2.11. The van der Waals surface area contributed by atoms with Crippen LogP contribution >= 0.6 is 0 Å². The number of carbonyl (C=O) groups excluding carboxylic acids is 1. The summed E-state index contributed by atoms with van der Waals surface area (Å²) in [7, 11) is 4.00. The van der Waals surface area contributed by atoms with Crippen LogP contribution in [-0.2, 0) is 6.61 Å². The van der Waals surface area contributed by atoms with Gasteiger partial charge in [0, 0.05) is 19.8 Å². The zero-order chi connectivity index (χ0) is 19.1. The molecule has 0 aromatic heterocycles. The van der Waals surface area contributed by atoms with E-state index in [0.29, 0.717) is 17.9 Å². The summed E-state index contributed by atoms with van der Waals surface area (Å²) >= 11 is 0. The lowest BCUT2D eigenvalue weighted by Crippen LogP contribution is -2.07. The summed E-state index contributed by atoms with van der Waals surface area (Å²) in [5.41, 5.74) is 3.74. The van der Waals surface area contributed by atoms with E-state index >= 15 is 0 Å². The lowest BCUT2D eigenvalue weighted by molar-refractivity contribution is 0.104. The van der Waals surface area contributed by atoms with E-state index < -0.39 is 0 Å². The van der Waals surface area contributed by atoms with E-state index in [1.165, 1.54) is 0 Å². The molecule has 0 amide bonds. The van der Waals surface area contributed by atoms with Gasteiger partial charge in [0.1, 0.15) is 12.4 Å². The average Bonchev–Trinajstić information content (AvgIpc) is 2.71. The molecule has 3 rings (SSSR count). The number of benzene rings is 3. The molecule has 3 heteroatoms. The smallest absolute Gasteiger partial charge is 0.189 e. The van der Waals surface area contributed by atoms with Crippen LogP contribution in [0.15, 0.2) is 84.9 Å². The highest BCUT2D eigenvalue weighted by Gasteiger charge is 2.09. The number of para-hydroxylation sites is 1. The van der Waals surface area contributed by atoms with E-state index in [1.807, 2.05) is 97.9 Å². The SMILES string of the molecule is CN(C)c1ccc(/C=C/C(=O)c2ccccc2OCc2ccccc2)cc1. The van der Waals surface area contributed by atoms with E-state index in [0.717, 1.165) is 16.8 Å². The van der Waals surface area contributed by atoms with Crippen LogP contribution in [0.2, 0.25) is 0 Å². The number of carbonyl (C=O) groups is 1. The maximum absolute atomic E-state index is 12.7. The van der Waals surface area contributed by atoms with Crippen LogP contribution in [0.3, 0.4) is 0 Å². The maximum atomic E-state index is 12.7. The molecule has 0 atom stereocenters. The van der Waals surface area contributed by atoms with E-state index in [-0.39, 0.29) is 5.78 Å². The van der Waals surface area contributed by atoms with Crippen molar-refractivity contribution in [3.8, 4) is 5.75 Å². The summed E-state index contributed by atoms with van der Waals surface area (Å²) < 4.78 is 5.88. The van der Waals surface area contributed by atoms with Gasteiger partial charge >= 0.3 is 0 Å². The average molecular weight is 357 g/mol. The summed E-state index contributed by atoms with van der Waals surface area (Å²) in [6.45, 7) is 0.431. The fourth-order valence-corrected chi connectivity index (χ4v) is 2.68. The zero-order valence-corrected chi connectivity index (χ0v) is 15.6. The molecule has 0 fully saturated rings. The highest BCUT2D eigenvalue weighted by atomic mass is 16.5. The lowest BCUT2D eigenvalue weighted by atomic mass is 10.1. The first kappa shape index (κ1) is 18.5. The summed E-state index contributed by atoms with van der Waals surface area (Å²) in [5.74, 6) is 0.523. The van der Waals surface area contributed by atoms with E-state index in [2.05, 4.69) is 0 Å². The van der Waals surface area contributed by atoms with Crippen molar-refractivity contribution in [2.75, 3.05) is 19.0 Å². The van der Waals surface area contributed by atoms with Crippen molar-refractivity contribution in [3.63, 3.8) is 0 Å². The molecule has 3 aromatic rings. The standard InChI is InChI=1S/C24H23NO2/c1-25(2)21-15-12-19(13-16-21)14-17-23(26)22-10-6-7-11-24(22)27-18-20-8-4-3-5-9-20/h3-17H,18H2,1-2H3/b17-14+. The van der Waals surface area contributed by atoms with Gasteiger partial charge in [-0.2, -0.15) is 0 Å². The van der Waals surface area contributed by atoms with Crippen molar-refractivity contribution in [3.05, 3.63) is 102 Å². The van der Waals surface area contributed by atoms with Gasteiger partial charge in [-0.05, 0) is 41.5 Å². The number of ketones is 1. The minimum Gasteiger partial charge on any atom is -0.488 e. The summed E-state index contributed by atoms with van der Waals surface area (Å²) in [4.78, 5) is 14.7. The molecule has 0 radical (unpaired) electrons. The Balaban J connectivity index is 1.71. The molecule has 0 bridgehead atoms. The molecule has 0 spiro atoms. The molecule has 136 valence electrons. The van der Waals surface area contributed by atoms with Crippen LogP contribution in [0.25, 0.3) is 6.08 Å². The minimum absolute atomic E-state index is 0.0738. The van der Waals surface area contributed by atoms with Crippen molar-refractivity contribution < 1.29 is 9.53 Å². The number of allylic oxidation sites excluding steroid dienone is 1. The van der Waals surface area contributed by atoms with Crippen LogP contribution in [0.4, 0.5) is 5.69 Å². The summed E-state index contributed by atoms with van der Waals surface area (Å²) in [6.07, 6.45) is 3.42. The molecular weight excluding hydrogens is 334 g/mol. The zero-order valence-electron chi connectivity index (χ0n) is 15.6. The first-order valence-corrected chi connectivity index (χ1v) is 8.89. The summed E-state index contributed by atoms with van der Waals surface area (Å²) in [6, 6.07) is 25.3. The molecule has 0 aliphatic rings. The van der Waals surface area contributed by atoms with Crippen molar-refractivity contribution in [1.29, 1.82) is 0 Å². The third kappa shape index (κ3) is 5.08. The van der Waals surface area contributed by atoms with E-state index in [4.69, 9.17) is 4.74 Å². The van der Waals surface area contributed by atoms with Gasteiger partial charge in [0.2, 0.25) is 0 Å². The predicted molar refractivity (Wildman–Crippen MR) is 111 cm³/mol. The van der Waals surface area contributed by atoms with Crippen LogP contribution in [0.1, 0.15) is 21.5 Å². The Kier molecular flexibility index (Phi) is 6.06. The largest absolute Gasteiger partial charge is 0.488 e. The van der Waals surface area contributed by atoms with Crippen molar-refractivity contribution >= 4 is 17.5 Å². The number of anilines is 1. The van der Waals surface area contributed by atoms with Crippen molar-refractivity contribution in [1.82, 2.24) is 0 Å². The Hall–Kier alpha value is -3.33. The topological polar surface area (TPSA) is 29.5 Å². The van der Waals surface area contributed by atoms with Crippen molar-refractivity contribution in [2.24, 2.45) is 0 Å². The molecule has 0 aliphatic carbocycles. The van der Waals surface area contributed by atoms with Gasteiger partial charge in [-0.1, -0.05) is 60.7 Å². The van der Waals surface area contributed by atoms with Crippen LogP contribution in [0, 0.1) is 0 Å². The fourth-order valence-electron chi connectivity index (χ4n) is 2.68.